The Labute approximate surface area is 72.5 Å². The van der Waals surface area contributed by atoms with Crippen molar-refractivity contribution in [3.05, 3.63) is 29.3 Å². The van der Waals surface area contributed by atoms with E-state index in [9.17, 15) is 0 Å². The van der Waals surface area contributed by atoms with Crippen molar-refractivity contribution < 1.29 is 0 Å². The van der Waals surface area contributed by atoms with Crippen molar-refractivity contribution in [3.63, 3.8) is 0 Å². The average Bonchev–Trinajstić information content (AvgIpc) is 2.08. The average molecular weight is 160 g/mol. The Balaban J connectivity index is 3.19. The molecule has 0 bridgehead atoms. The maximum atomic E-state index is 7.16. The topological polar surface area (TPSA) is 36.2 Å². The molecule has 0 amide bonds. The summed E-state index contributed by atoms with van der Waals surface area (Å²) in [7, 11) is 0. The van der Waals surface area contributed by atoms with Gasteiger partial charge in [-0.2, -0.15) is 0 Å². The molecular weight excluding hydrogens is 148 g/mol. The molecule has 1 rings (SSSR count). The van der Waals surface area contributed by atoms with Crippen LogP contribution in [0.5, 0.6) is 0 Å². The molecule has 2 nitrogen and oxygen atoms in total. The van der Waals surface area contributed by atoms with Crippen LogP contribution in [-0.2, 0) is 0 Å². The first-order chi connectivity index (χ1) is 5.77. The lowest BCUT2D eigenvalue weighted by atomic mass is 10.1. The maximum Gasteiger partial charge on any atom is 0.0713 e. The van der Waals surface area contributed by atoms with Crippen LogP contribution in [-0.4, -0.2) is 12.4 Å². The zero-order chi connectivity index (χ0) is 8.97. The van der Waals surface area contributed by atoms with Crippen molar-refractivity contribution in [1.29, 1.82) is 5.41 Å². The maximum absolute atomic E-state index is 7.16. The van der Waals surface area contributed by atoms with Gasteiger partial charge >= 0.3 is 0 Å². The fraction of sp³-hybridized carbons (Fsp3) is 0.200. The molecule has 0 fully saturated rings. The highest BCUT2D eigenvalue weighted by Gasteiger charge is 1.96. The van der Waals surface area contributed by atoms with Crippen LogP contribution >= 0.6 is 0 Å². The smallest absolute Gasteiger partial charge is 0.0713 e. The summed E-state index contributed by atoms with van der Waals surface area (Å²) >= 11 is 0. The van der Waals surface area contributed by atoms with E-state index >= 15 is 0 Å². The SMILES string of the molecule is C/C=N\c1ccc(C)cc1C=N. The lowest BCUT2D eigenvalue weighted by Gasteiger charge is -1.99. The second-order valence-electron chi connectivity index (χ2n) is 2.59. The molecule has 0 heterocycles. The van der Waals surface area contributed by atoms with Crippen LogP contribution in [0, 0.1) is 12.3 Å². The second-order valence-corrected chi connectivity index (χ2v) is 2.59. The predicted octanol–water partition coefficient (Wildman–Crippen LogP) is 2.71. The van der Waals surface area contributed by atoms with Gasteiger partial charge in [-0.1, -0.05) is 11.6 Å². The zero-order valence-electron chi connectivity index (χ0n) is 7.33. The molecule has 12 heavy (non-hydrogen) atoms. The minimum Gasteiger partial charge on any atom is -0.308 e. The fourth-order valence-electron chi connectivity index (χ4n) is 1.05. The van der Waals surface area contributed by atoms with Gasteiger partial charge in [-0.05, 0) is 26.0 Å². The van der Waals surface area contributed by atoms with Gasteiger partial charge in [0.2, 0.25) is 0 Å². The molecule has 0 radical (unpaired) electrons. The Hall–Kier alpha value is -1.44. The number of benzene rings is 1. The molecule has 0 unspecified atom stereocenters. The molecule has 0 atom stereocenters. The molecule has 1 aromatic rings. The van der Waals surface area contributed by atoms with E-state index in [1.165, 1.54) is 6.21 Å². The van der Waals surface area contributed by atoms with Gasteiger partial charge < -0.3 is 5.41 Å². The fourth-order valence-corrected chi connectivity index (χ4v) is 1.05. The lowest BCUT2D eigenvalue weighted by molar-refractivity contribution is 1.41. The number of rotatable bonds is 2. The van der Waals surface area contributed by atoms with E-state index in [0.717, 1.165) is 16.8 Å². The van der Waals surface area contributed by atoms with Gasteiger partial charge in [0.05, 0.1) is 5.69 Å². The Morgan fingerprint density at radius 1 is 1.42 bits per heavy atom. The lowest BCUT2D eigenvalue weighted by Crippen LogP contribution is -1.82. The van der Waals surface area contributed by atoms with Gasteiger partial charge in [-0.25, -0.2) is 0 Å². The summed E-state index contributed by atoms with van der Waals surface area (Å²) in [5.74, 6) is 0. The van der Waals surface area contributed by atoms with Crippen LogP contribution in [0.2, 0.25) is 0 Å². The summed E-state index contributed by atoms with van der Waals surface area (Å²) in [5.41, 5.74) is 2.88. The van der Waals surface area contributed by atoms with Crippen molar-refractivity contribution in [2.24, 2.45) is 4.99 Å². The van der Waals surface area contributed by atoms with E-state index in [1.54, 1.807) is 6.21 Å². The van der Waals surface area contributed by atoms with E-state index in [4.69, 9.17) is 5.41 Å². The number of aryl methyl sites for hydroxylation is 1. The Kier molecular flexibility index (Phi) is 2.75. The number of hydrogen-bond donors (Lipinski definition) is 1. The first-order valence-electron chi connectivity index (χ1n) is 3.87. The summed E-state index contributed by atoms with van der Waals surface area (Å²) in [6.45, 7) is 3.88. The van der Waals surface area contributed by atoms with Crippen LogP contribution in [0.1, 0.15) is 18.1 Å². The second kappa shape index (κ2) is 3.81. The third-order valence-electron chi connectivity index (χ3n) is 1.61. The van der Waals surface area contributed by atoms with E-state index in [-0.39, 0.29) is 0 Å². The molecule has 0 aliphatic heterocycles. The quantitative estimate of drug-likeness (QED) is 0.646. The Morgan fingerprint density at radius 3 is 2.75 bits per heavy atom. The first kappa shape index (κ1) is 8.65. The molecule has 0 aliphatic rings. The minimum absolute atomic E-state index is 0.859. The number of nitrogens with one attached hydrogen (secondary N) is 1. The molecule has 2 heteroatoms. The van der Waals surface area contributed by atoms with Crippen molar-refractivity contribution in [3.8, 4) is 0 Å². The first-order valence-corrected chi connectivity index (χ1v) is 3.87. The minimum atomic E-state index is 0.859. The molecule has 0 spiro atoms. The molecule has 62 valence electrons. The highest BCUT2D eigenvalue weighted by Crippen LogP contribution is 2.17. The highest BCUT2D eigenvalue weighted by molar-refractivity contribution is 5.86. The summed E-state index contributed by atoms with van der Waals surface area (Å²) < 4.78 is 0. The molecule has 0 saturated heterocycles. The summed E-state index contributed by atoms with van der Waals surface area (Å²) in [6.07, 6.45) is 3.06. The van der Waals surface area contributed by atoms with Gasteiger partial charge in [0.25, 0.3) is 0 Å². The van der Waals surface area contributed by atoms with Gasteiger partial charge in [0.1, 0.15) is 0 Å². The van der Waals surface area contributed by atoms with Crippen molar-refractivity contribution in [2.75, 3.05) is 0 Å². The third-order valence-corrected chi connectivity index (χ3v) is 1.61. The van der Waals surface area contributed by atoms with Crippen LogP contribution in [0.25, 0.3) is 0 Å². The van der Waals surface area contributed by atoms with Crippen molar-refractivity contribution in [2.45, 2.75) is 13.8 Å². The van der Waals surface area contributed by atoms with Crippen LogP contribution in [0.4, 0.5) is 5.69 Å². The van der Waals surface area contributed by atoms with E-state index in [0.29, 0.717) is 0 Å². The third kappa shape index (κ3) is 1.78. The van der Waals surface area contributed by atoms with Crippen molar-refractivity contribution >= 4 is 18.1 Å². The largest absolute Gasteiger partial charge is 0.308 e. The molecule has 1 N–H and O–H groups in total. The predicted molar refractivity (Wildman–Crippen MR) is 52.9 cm³/mol. The highest BCUT2D eigenvalue weighted by atomic mass is 14.7. The summed E-state index contributed by atoms with van der Waals surface area (Å²) in [5, 5.41) is 7.16. The van der Waals surface area contributed by atoms with Crippen LogP contribution < -0.4 is 0 Å². The molecule has 0 aromatic heterocycles. The van der Waals surface area contributed by atoms with Gasteiger partial charge in [0.15, 0.2) is 0 Å². The van der Waals surface area contributed by atoms with E-state index in [2.05, 4.69) is 4.99 Å². The summed E-state index contributed by atoms with van der Waals surface area (Å²) in [4.78, 5) is 4.14. The molecule has 1 aromatic carbocycles. The van der Waals surface area contributed by atoms with Crippen molar-refractivity contribution in [1.82, 2.24) is 0 Å². The number of aliphatic imine (C=N–C) groups is 1. The van der Waals surface area contributed by atoms with E-state index in [1.807, 2.05) is 32.0 Å². The summed E-state index contributed by atoms with van der Waals surface area (Å²) in [6, 6.07) is 5.88. The van der Waals surface area contributed by atoms with Gasteiger partial charge in [-0.15, -0.1) is 0 Å². The number of hydrogen-bond acceptors (Lipinski definition) is 2. The number of nitrogens with zero attached hydrogens (tertiary/aromatic N) is 1. The normalized spacial score (nSPS) is 10.5. The Bertz CT molecular complexity index is 314. The standard InChI is InChI=1S/C10H12N2/c1-3-12-10-5-4-8(2)6-9(10)7-11/h3-7,11H,1-2H3/b11-7?,12-3-. The van der Waals surface area contributed by atoms with Gasteiger partial charge in [-0.3, -0.25) is 4.99 Å². The molecule has 0 aliphatic carbocycles. The van der Waals surface area contributed by atoms with Gasteiger partial charge in [0, 0.05) is 18.0 Å². The zero-order valence-corrected chi connectivity index (χ0v) is 7.33. The Morgan fingerprint density at radius 2 is 2.17 bits per heavy atom. The van der Waals surface area contributed by atoms with E-state index < -0.39 is 0 Å². The molecule has 0 saturated carbocycles. The van der Waals surface area contributed by atoms with Crippen LogP contribution in [0.3, 0.4) is 0 Å². The monoisotopic (exact) mass is 160 g/mol. The molecular formula is C10H12N2. The van der Waals surface area contributed by atoms with Crippen LogP contribution in [0.15, 0.2) is 23.2 Å².